The van der Waals surface area contributed by atoms with Gasteiger partial charge in [0.25, 0.3) is 10.0 Å². The second-order valence-electron chi connectivity index (χ2n) is 10.5. The lowest BCUT2D eigenvalue weighted by molar-refractivity contribution is -0.141. The van der Waals surface area contributed by atoms with E-state index in [1.807, 2.05) is 27.7 Å². The summed E-state index contributed by atoms with van der Waals surface area (Å²) in [7, 11) is -4.12. The fourth-order valence-corrected chi connectivity index (χ4v) is 5.55. The minimum Gasteiger partial charge on any atom is -0.350 e. The van der Waals surface area contributed by atoms with Crippen LogP contribution in [-0.4, -0.2) is 43.3 Å². The van der Waals surface area contributed by atoms with Crippen LogP contribution in [0.2, 0.25) is 0 Å². The molecule has 0 saturated carbocycles. The van der Waals surface area contributed by atoms with Crippen molar-refractivity contribution in [3.05, 3.63) is 95.8 Å². The Morgan fingerprint density at radius 1 is 0.923 bits per heavy atom. The molecule has 0 aliphatic rings. The van der Waals surface area contributed by atoms with E-state index in [0.29, 0.717) is 17.7 Å². The van der Waals surface area contributed by atoms with Crippen molar-refractivity contribution in [2.75, 3.05) is 10.8 Å². The lowest BCUT2D eigenvalue weighted by Gasteiger charge is -2.34. The summed E-state index contributed by atoms with van der Waals surface area (Å²) in [6.45, 7) is 8.68. The SMILES string of the molecule is CC[C@@H](C(=O)NC(C)(C)C)N(Cc1ccc(F)cc1)C(=O)CN(c1ccc(C)cc1)S(=O)(=O)c1ccccc1. The number of halogens is 1. The Morgan fingerprint density at radius 2 is 1.51 bits per heavy atom. The first kappa shape index (κ1) is 29.8. The first-order chi connectivity index (χ1) is 18.3. The molecule has 0 radical (unpaired) electrons. The number of nitrogens with one attached hydrogen (secondary N) is 1. The minimum atomic E-state index is -4.12. The van der Waals surface area contributed by atoms with Crippen LogP contribution in [-0.2, 0) is 26.2 Å². The zero-order chi connectivity index (χ0) is 28.8. The highest BCUT2D eigenvalue weighted by atomic mass is 32.2. The number of anilines is 1. The Hall–Kier alpha value is -3.72. The molecule has 9 heteroatoms. The molecule has 0 unspecified atom stereocenters. The average Bonchev–Trinajstić information content (AvgIpc) is 2.88. The van der Waals surface area contributed by atoms with E-state index in [2.05, 4.69) is 5.32 Å². The second kappa shape index (κ2) is 12.4. The third-order valence-corrected chi connectivity index (χ3v) is 7.87. The number of nitrogens with zero attached hydrogens (tertiary/aromatic N) is 2. The third-order valence-electron chi connectivity index (χ3n) is 6.08. The van der Waals surface area contributed by atoms with Crippen molar-refractivity contribution in [1.82, 2.24) is 10.2 Å². The highest BCUT2D eigenvalue weighted by Gasteiger charge is 2.34. The molecule has 0 bridgehead atoms. The molecule has 0 aliphatic heterocycles. The Kier molecular flexibility index (Phi) is 9.50. The summed E-state index contributed by atoms with van der Waals surface area (Å²) < 4.78 is 42.2. The third kappa shape index (κ3) is 7.89. The Balaban J connectivity index is 2.05. The van der Waals surface area contributed by atoms with Gasteiger partial charge in [0.1, 0.15) is 18.4 Å². The molecule has 0 aliphatic carbocycles. The second-order valence-corrected chi connectivity index (χ2v) is 12.3. The van der Waals surface area contributed by atoms with Crippen molar-refractivity contribution < 1.29 is 22.4 Å². The van der Waals surface area contributed by atoms with Crippen molar-refractivity contribution in [2.24, 2.45) is 0 Å². The van der Waals surface area contributed by atoms with Crippen molar-refractivity contribution in [3.63, 3.8) is 0 Å². The number of hydrogen-bond donors (Lipinski definition) is 1. The van der Waals surface area contributed by atoms with E-state index < -0.39 is 39.9 Å². The van der Waals surface area contributed by atoms with Gasteiger partial charge in [-0.2, -0.15) is 0 Å². The summed E-state index contributed by atoms with van der Waals surface area (Å²) in [4.78, 5) is 28.7. The molecule has 7 nitrogen and oxygen atoms in total. The highest BCUT2D eigenvalue weighted by molar-refractivity contribution is 7.92. The number of rotatable bonds is 10. The first-order valence-corrected chi connectivity index (χ1v) is 14.3. The molecule has 3 aromatic rings. The van der Waals surface area contributed by atoms with Crippen LogP contribution in [0.1, 0.15) is 45.2 Å². The Bertz CT molecular complexity index is 1370. The van der Waals surface area contributed by atoms with Crippen LogP contribution < -0.4 is 9.62 Å². The molecular weight excluding hydrogens is 517 g/mol. The van der Waals surface area contributed by atoms with Gasteiger partial charge in [0.2, 0.25) is 11.8 Å². The van der Waals surface area contributed by atoms with Crippen LogP contribution in [0.5, 0.6) is 0 Å². The van der Waals surface area contributed by atoms with Gasteiger partial charge in [-0.05, 0) is 76.1 Å². The number of sulfonamides is 1. The molecule has 0 heterocycles. The van der Waals surface area contributed by atoms with Gasteiger partial charge in [-0.3, -0.25) is 13.9 Å². The highest BCUT2D eigenvalue weighted by Crippen LogP contribution is 2.25. The smallest absolute Gasteiger partial charge is 0.264 e. The van der Waals surface area contributed by atoms with Gasteiger partial charge in [0.05, 0.1) is 10.6 Å². The van der Waals surface area contributed by atoms with Crippen LogP contribution in [0.3, 0.4) is 0 Å². The van der Waals surface area contributed by atoms with E-state index in [9.17, 15) is 22.4 Å². The maximum atomic E-state index is 14.0. The predicted molar refractivity (Wildman–Crippen MR) is 151 cm³/mol. The first-order valence-electron chi connectivity index (χ1n) is 12.8. The fourth-order valence-electron chi connectivity index (χ4n) is 4.12. The number of benzene rings is 3. The van der Waals surface area contributed by atoms with Crippen molar-refractivity contribution >= 4 is 27.5 Å². The number of aryl methyl sites for hydroxylation is 1. The number of amides is 2. The Morgan fingerprint density at radius 3 is 2.05 bits per heavy atom. The molecule has 208 valence electrons. The van der Waals surface area contributed by atoms with Gasteiger partial charge in [-0.1, -0.05) is 55.0 Å². The zero-order valence-corrected chi connectivity index (χ0v) is 23.8. The minimum absolute atomic E-state index is 0.00229. The van der Waals surface area contributed by atoms with Crippen molar-refractivity contribution in [2.45, 2.75) is 64.1 Å². The molecule has 2 amide bonds. The van der Waals surface area contributed by atoms with Gasteiger partial charge in [0, 0.05) is 12.1 Å². The van der Waals surface area contributed by atoms with Gasteiger partial charge >= 0.3 is 0 Å². The largest absolute Gasteiger partial charge is 0.350 e. The molecular formula is C30H36FN3O4S. The predicted octanol–water partition coefficient (Wildman–Crippen LogP) is 5.05. The number of hydrogen-bond acceptors (Lipinski definition) is 4. The molecule has 3 rings (SSSR count). The van der Waals surface area contributed by atoms with Gasteiger partial charge < -0.3 is 10.2 Å². The standard InChI is InChI=1S/C30H36FN3O4S/c1-6-27(29(36)32-30(3,4)5)33(20-23-14-16-24(31)17-15-23)28(35)21-34(25-18-12-22(2)13-19-25)39(37,38)26-10-8-7-9-11-26/h7-19,27H,6,20-21H2,1-5H3,(H,32,36)/t27-/m0/s1. The summed E-state index contributed by atoms with van der Waals surface area (Å²) in [6.07, 6.45) is 0.296. The lowest BCUT2D eigenvalue weighted by atomic mass is 10.1. The topological polar surface area (TPSA) is 86.8 Å². The van der Waals surface area contributed by atoms with Crippen LogP contribution >= 0.6 is 0 Å². The Labute approximate surface area is 230 Å². The van der Waals surface area contributed by atoms with Crippen molar-refractivity contribution in [3.8, 4) is 0 Å². The van der Waals surface area contributed by atoms with E-state index in [4.69, 9.17) is 0 Å². The fraction of sp³-hybridized carbons (Fsp3) is 0.333. The summed E-state index contributed by atoms with van der Waals surface area (Å²) in [5.74, 6) is -1.34. The van der Waals surface area contributed by atoms with Gasteiger partial charge in [-0.25, -0.2) is 12.8 Å². The van der Waals surface area contributed by atoms with Crippen LogP contribution in [0.15, 0.2) is 83.8 Å². The molecule has 3 aromatic carbocycles. The normalized spacial score (nSPS) is 12.5. The van der Waals surface area contributed by atoms with Crippen LogP contribution in [0.25, 0.3) is 0 Å². The van der Waals surface area contributed by atoms with Gasteiger partial charge in [0.15, 0.2) is 0 Å². The van der Waals surface area contributed by atoms with Gasteiger partial charge in [-0.15, -0.1) is 0 Å². The molecule has 0 spiro atoms. The summed E-state index contributed by atoms with van der Waals surface area (Å²) in [6, 6.07) is 19.5. The summed E-state index contributed by atoms with van der Waals surface area (Å²) in [5, 5.41) is 2.92. The van der Waals surface area contributed by atoms with Crippen molar-refractivity contribution in [1.29, 1.82) is 0 Å². The van der Waals surface area contributed by atoms with E-state index in [1.54, 1.807) is 61.5 Å². The monoisotopic (exact) mass is 553 g/mol. The zero-order valence-electron chi connectivity index (χ0n) is 23.0. The lowest BCUT2D eigenvalue weighted by Crippen LogP contribution is -2.55. The molecule has 0 fully saturated rings. The van der Waals surface area contributed by atoms with E-state index in [0.717, 1.165) is 9.87 Å². The maximum absolute atomic E-state index is 14.0. The average molecular weight is 554 g/mol. The molecule has 39 heavy (non-hydrogen) atoms. The molecule has 1 N–H and O–H groups in total. The molecule has 1 atom stereocenters. The molecule has 0 saturated heterocycles. The maximum Gasteiger partial charge on any atom is 0.264 e. The molecule has 0 aromatic heterocycles. The summed E-state index contributed by atoms with van der Waals surface area (Å²) in [5.41, 5.74) is 1.33. The van der Waals surface area contributed by atoms with Crippen LogP contribution in [0.4, 0.5) is 10.1 Å². The summed E-state index contributed by atoms with van der Waals surface area (Å²) >= 11 is 0. The number of carbonyl (C=O) groups excluding carboxylic acids is 2. The van der Waals surface area contributed by atoms with Crippen LogP contribution in [0, 0.1) is 12.7 Å². The quantitative estimate of drug-likeness (QED) is 0.381. The van der Waals surface area contributed by atoms with E-state index in [1.165, 1.54) is 29.2 Å². The van der Waals surface area contributed by atoms with E-state index in [-0.39, 0.29) is 17.3 Å². The number of carbonyl (C=O) groups is 2. The van der Waals surface area contributed by atoms with E-state index >= 15 is 0 Å².